The van der Waals surface area contributed by atoms with Gasteiger partial charge in [-0.2, -0.15) is 0 Å². The highest BCUT2D eigenvalue weighted by Crippen LogP contribution is 2.35. The molecule has 106 valence electrons. The van der Waals surface area contributed by atoms with Crippen LogP contribution in [0.25, 0.3) is 0 Å². The number of rotatable bonds is 5. The van der Waals surface area contributed by atoms with E-state index in [1.165, 1.54) is 25.9 Å². The number of ether oxygens (including phenoxy) is 1. The van der Waals surface area contributed by atoms with Gasteiger partial charge >= 0.3 is 0 Å². The normalized spacial score (nSPS) is 21.1. The van der Waals surface area contributed by atoms with Crippen molar-refractivity contribution in [1.82, 2.24) is 4.90 Å². The Bertz CT molecular complexity index is 415. The molecule has 1 aliphatic rings. The highest BCUT2D eigenvalue weighted by Gasteiger charge is 2.38. The third-order valence-corrected chi connectivity index (χ3v) is 4.67. The smallest absolute Gasteiger partial charge is 0.119 e. The van der Waals surface area contributed by atoms with Gasteiger partial charge in [-0.25, -0.2) is 0 Å². The van der Waals surface area contributed by atoms with Gasteiger partial charge in [-0.3, -0.25) is 4.90 Å². The van der Waals surface area contributed by atoms with E-state index < -0.39 is 0 Å². The fourth-order valence-corrected chi connectivity index (χ4v) is 3.06. The van der Waals surface area contributed by atoms with Crippen molar-refractivity contribution in [2.45, 2.75) is 44.7 Å². The molecule has 3 nitrogen and oxygen atoms in total. The molecule has 0 amide bonds. The zero-order valence-electron chi connectivity index (χ0n) is 12.4. The highest BCUT2D eigenvalue weighted by molar-refractivity contribution is 5.32. The summed E-state index contributed by atoms with van der Waals surface area (Å²) in [7, 11) is 1.70. The number of methoxy groups -OCH3 is 1. The molecule has 0 saturated carbocycles. The third-order valence-electron chi connectivity index (χ3n) is 4.67. The number of benzene rings is 1. The molecule has 1 fully saturated rings. The van der Waals surface area contributed by atoms with Crippen molar-refractivity contribution in [2.75, 3.05) is 20.2 Å². The quantitative estimate of drug-likeness (QED) is 0.886. The molecule has 1 heterocycles. The summed E-state index contributed by atoms with van der Waals surface area (Å²) in [6, 6.07) is 8.18. The van der Waals surface area contributed by atoms with Crippen LogP contribution in [0.1, 0.15) is 44.7 Å². The SMILES string of the molecule is CCC(C)(C(N)c1cccc(OC)c1)N1CCCC1. The molecule has 0 spiro atoms. The second-order valence-corrected chi connectivity index (χ2v) is 5.66. The lowest BCUT2D eigenvalue weighted by Gasteiger charge is -2.43. The number of hydrogen-bond acceptors (Lipinski definition) is 3. The van der Waals surface area contributed by atoms with Crippen LogP contribution >= 0.6 is 0 Å². The van der Waals surface area contributed by atoms with Crippen LogP contribution in [-0.4, -0.2) is 30.6 Å². The minimum absolute atomic E-state index is 0.0192. The molecular formula is C16H26N2O. The van der Waals surface area contributed by atoms with Crippen LogP contribution in [0.2, 0.25) is 0 Å². The van der Waals surface area contributed by atoms with Crippen LogP contribution in [0.3, 0.4) is 0 Å². The molecule has 2 N–H and O–H groups in total. The first-order valence-corrected chi connectivity index (χ1v) is 7.26. The van der Waals surface area contributed by atoms with Gasteiger partial charge in [0.05, 0.1) is 7.11 Å². The van der Waals surface area contributed by atoms with Gasteiger partial charge in [-0.05, 0) is 57.0 Å². The Labute approximate surface area is 116 Å². The summed E-state index contributed by atoms with van der Waals surface area (Å²) >= 11 is 0. The first kappa shape index (κ1) is 14.4. The summed E-state index contributed by atoms with van der Waals surface area (Å²) in [5, 5.41) is 0. The third kappa shape index (κ3) is 2.77. The molecule has 2 rings (SSSR count). The van der Waals surface area contributed by atoms with Gasteiger partial charge in [0.25, 0.3) is 0 Å². The van der Waals surface area contributed by atoms with Gasteiger partial charge in [-0.15, -0.1) is 0 Å². The molecule has 1 aromatic rings. The van der Waals surface area contributed by atoms with Gasteiger partial charge < -0.3 is 10.5 Å². The van der Waals surface area contributed by atoms with Crippen molar-refractivity contribution < 1.29 is 4.74 Å². The molecule has 3 heteroatoms. The molecule has 19 heavy (non-hydrogen) atoms. The zero-order chi connectivity index (χ0) is 13.9. The van der Waals surface area contributed by atoms with Crippen molar-refractivity contribution in [3.63, 3.8) is 0 Å². The lowest BCUT2D eigenvalue weighted by Crippen LogP contribution is -2.51. The Kier molecular flexibility index (Phi) is 4.48. The maximum atomic E-state index is 6.59. The fourth-order valence-electron chi connectivity index (χ4n) is 3.06. The van der Waals surface area contributed by atoms with Crippen molar-refractivity contribution in [1.29, 1.82) is 0 Å². The molecule has 0 bridgehead atoms. The van der Waals surface area contributed by atoms with Crippen LogP contribution in [0, 0.1) is 0 Å². The summed E-state index contributed by atoms with van der Waals surface area (Å²) < 4.78 is 5.31. The molecule has 2 atom stereocenters. The highest BCUT2D eigenvalue weighted by atomic mass is 16.5. The van der Waals surface area contributed by atoms with Gasteiger partial charge in [-0.1, -0.05) is 19.1 Å². The standard InChI is InChI=1S/C16H26N2O/c1-4-16(2,18-10-5-6-11-18)15(17)13-8-7-9-14(12-13)19-3/h7-9,12,15H,4-6,10-11,17H2,1-3H3. The van der Waals surface area contributed by atoms with E-state index in [1.54, 1.807) is 7.11 Å². The average Bonchev–Trinajstić information content (AvgIpc) is 3.00. The van der Waals surface area contributed by atoms with E-state index in [0.717, 1.165) is 17.7 Å². The van der Waals surface area contributed by atoms with E-state index in [4.69, 9.17) is 10.5 Å². The zero-order valence-corrected chi connectivity index (χ0v) is 12.4. The van der Waals surface area contributed by atoms with Crippen LogP contribution < -0.4 is 10.5 Å². The summed E-state index contributed by atoms with van der Waals surface area (Å²) in [6.07, 6.45) is 3.65. The maximum Gasteiger partial charge on any atom is 0.119 e. The molecule has 0 aromatic heterocycles. The minimum Gasteiger partial charge on any atom is -0.497 e. The monoisotopic (exact) mass is 262 g/mol. The van der Waals surface area contributed by atoms with E-state index in [0.29, 0.717) is 0 Å². The lowest BCUT2D eigenvalue weighted by atomic mass is 9.83. The van der Waals surface area contributed by atoms with Crippen LogP contribution in [0.15, 0.2) is 24.3 Å². The van der Waals surface area contributed by atoms with Crippen LogP contribution in [0.4, 0.5) is 0 Å². The van der Waals surface area contributed by atoms with Crippen LogP contribution in [0.5, 0.6) is 5.75 Å². The topological polar surface area (TPSA) is 38.5 Å². The van der Waals surface area contributed by atoms with Crippen molar-refractivity contribution in [3.8, 4) is 5.75 Å². The number of nitrogens with two attached hydrogens (primary N) is 1. The second kappa shape index (κ2) is 5.93. The average molecular weight is 262 g/mol. The fraction of sp³-hybridized carbons (Fsp3) is 0.625. The second-order valence-electron chi connectivity index (χ2n) is 5.66. The molecule has 0 aliphatic carbocycles. The lowest BCUT2D eigenvalue weighted by molar-refractivity contribution is 0.0999. The molecule has 1 aromatic carbocycles. The van der Waals surface area contributed by atoms with E-state index in [2.05, 4.69) is 30.9 Å². The summed E-state index contributed by atoms with van der Waals surface area (Å²) in [4.78, 5) is 2.55. The van der Waals surface area contributed by atoms with Crippen molar-refractivity contribution in [3.05, 3.63) is 29.8 Å². The van der Waals surface area contributed by atoms with E-state index >= 15 is 0 Å². The Hall–Kier alpha value is -1.06. The van der Waals surface area contributed by atoms with Crippen molar-refractivity contribution in [2.24, 2.45) is 5.73 Å². The largest absolute Gasteiger partial charge is 0.497 e. The Morgan fingerprint density at radius 2 is 2.05 bits per heavy atom. The van der Waals surface area contributed by atoms with E-state index in [1.807, 2.05) is 12.1 Å². The first-order valence-electron chi connectivity index (χ1n) is 7.26. The van der Waals surface area contributed by atoms with Crippen molar-refractivity contribution >= 4 is 0 Å². The summed E-state index contributed by atoms with van der Waals surface area (Å²) in [5.41, 5.74) is 7.78. The van der Waals surface area contributed by atoms with Crippen LogP contribution in [-0.2, 0) is 0 Å². The molecule has 1 aliphatic heterocycles. The number of nitrogens with zero attached hydrogens (tertiary/aromatic N) is 1. The predicted molar refractivity (Wildman–Crippen MR) is 79.4 cm³/mol. The molecule has 0 radical (unpaired) electrons. The first-order chi connectivity index (χ1) is 9.11. The summed E-state index contributed by atoms with van der Waals surface area (Å²) in [6.45, 7) is 6.87. The van der Waals surface area contributed by atoms with Gasteiger partial charge in [0.15, 0.2) is 0 Å². The molecular weight excluding hydrogens is 236 g/mol. The summed E-state index contributed by atoms with van der Waals surface area (Å²) in [5.74, 6) is 0.882. The Balaban J connectivity index is 2.25. The molecule has 2 unspecified atom stereocenters. The van der Waals surface area contributed by atoms with Gasteiger partial charge in [0, 0.05) is 11.6 Å². The van der Waals surface area contributed by atoms with E-state index in [9.17, 15) is 0 Å². The molecule has 1 saturated heterocycles. The van der Waals surface area contributed by atoms with Gasteiger partial charge in [0.1, 0.15) is 5.75 Å². The van der Waals surface area contributed by atoms with E-state index in [-0.39, 0.29) is 11.6 Å². The number of likely N-dealkylation sites (tertiary alicyclic amines) is 1. The maximum absolute atomic E-state index is 6.59. The Morgan fingerprint density at radius 1 is 1.37 bits per heavy atom. The number of hydrogen-bond donors (Lipinski definition) is 1. The Morgan fingerprint density at radius 3 is 2.63 bits per heavy atom. The van der Waals surface area contributed by atoms with Gasteiger partial charge in [0.2, 0.25) is 0 Å². The minimum atomic E-state index is 0.0192. The predicted octanol–water partition coefficient (Wildman–Crippen LogP) is 2.96.